The number of benzene rings is 2. The van der Waals surface area contributed by atoms with Crippen LogP contribution in [0.1, 0.15) is 21.5 Å². The fourth-order valence-electron chi connectivity index (χ4n) is 1.68. The predicted molar refractivity (Wildman–Crippen MR) is 76.0 cm³/mol. The SMILES string of the molecule is Cc1cc(C(Br)c2cccc(Br)c2)ccc1F. The highest BCUT2D eigenvalue weighted by Crippen LogP contribution is 2.32. The molecule has 0 amide bonds. The van der Waals surface area contributed by atoms with Crippen molar-refractivity contribution in [1.29, 1.82) is 0 Å². The molecule has 0 aliphatic rings. The zero-order valence-electron chi connectivity index (χ0n) is 9.25. The lowest BCUT2D eigenvalue weighted by atomic mass is 10.0. The maximum absolute atomic E-state index is 13.2. The second kappa shape index (κ2) is 5.32. The molecule has 0 N–H and O–H groups in total. The van der Waals surface area contributed by atoms with Gasteiger partial charge in [0, 0.05) is 4.47 Å². The molecule has 1 atom stereocenters. The third-order valence-electron chi connectivity index (χ3n) is 2.62. The van der Waals surface area contributed by atoms with E-state index in [9.17, 15) is 4.39 Å². The lowest BCUT2D eigenvalue weighted by Crippen LogP contribution is -1.94. The number of rotatable bonds is 2. The highest BCUT2D eigenvalue weighted by Gasteiger charge is 2.11. The Balaban J connectivity index is 2.36. The van der Waals surface area contributed by atoms with Crippen molar-refractivity contribution in [3.8, 4) is 0 Å². The van der Waals surface area contributed by atoms with Gasteiger partial charge >= 0.3 is 0 Å². The van der Waals surface area contributed by atoms with E-state index in [-0.39, 0.29) is 10.6 Å². The van der Waals surface area contributed by atoms with Crippen molar-refractivity contribution < 1.29 is 4.39 Å². The van der Waals surface area contributed by atoms with Crippen molar-refractivity contribution >= 4 is 31.9 Å². The van der Waals surface area contributed by atoms with E-state index in [1.54, 1.807) is 6.92 Å². The third-order valence-corrected chi connectivity index (χ3v) is 4.17. The van der Waals surface area contributed by atoms with E-state index in [1.807, 2.05) is 30.3 Å². The fraction of sp³-hybridized carbons (Fsp3) is 0.143. The summed E-state index contributed by atoms with van der Waals surface area (Å²) < 4.78 is 14.2. The summed E-state index contributed by atoms with van der Waals surface area (Å²) in [5, 5.41) is 0. The van der Waals surface area contributed by atoms with Crippen LogP contribution < -0.4 is 0 Å². The first-order valence-corrected chi connectivity index (χ1v) is 6.94. The number of aryl methyl sites for hydroxylation is 1. The average molecular weight is 358 g/mol. The van der Waals surface area contributed by atoms with Crippen LogP contribution in [0.25, 0.3) is 0 Å². The Morgan fingerprint density at radius 1 is 1.06 bits per heavy atom. The molecule has 0 aliphatic carbocycles. The normalized spacial score (nSPS) is 12.5. The first-order chi connectivity index (χ1) is 8.08. The highest BCUT2D eigenvalue weighted by atomic mass is 79.9. The molecule has 2 aromatic rings. The average Bonchev–Trinajstić information content (AvgIpc) is 2.32. The monoisotopic (exact) mass is 356 g/mol. The van der Waals surface area contributed by atoms with Crippen LogP contribution in [0.2, 0.25) is 0 Å². The molecule has 0 saturated heterocycles. The lowest BCUT2D eigenvalue weighted by molar-refractivity contribution is 0.618. The van der Waals surface area contributed by atoms with E-state index >= 15 is 0 Å². The molecule has 88 valence electrons. The largest absolute Gasteiger partial charge is 0.207 e. The maximum Gasteiger partial charge on any atom is 0.126 e. The Morgan fingerprint density at radius 2 is 1.76 bits per heavy atom. The molecule has 0 aliphatic heterocycles. The molecule has 0 aromatic heterocycles. The topological polar surface area (TPSA) is 0 Å². The van der Waals surface area contributed by atoms with Gasteiger partial charge < -0.3 is 0 Å². The van der Waals surface area contributed by atoms with Crippen molar-refractivity contribution in [2.75, 3.05) is 0 Å². The van der Waals surface area contributed by atoms with Gasteiger partial charge in [0.2, 0.25) is 0 Å². The van der Waals surface area contributed by atoms with Gasteiger partial charge in [-0.1, -0.05) is 56.1 Å². The second-order valence-electron chi connectivity index (χ2n) is 3.93. The van der Waals surface area contributed by atoms with Crippen molar-refractivity contribution in [2.24, 2.45) is 0 Å². The minimum absolute atomic E-state index is 0.0827. The predicted octanol–water partition coefficient (Wildman–Crippen LogP) is 5.38. The summed E-state index contributed by atoms with van der Waals surface area (Å²) in [5.74, 6) is -0.164. The summed E-state index contributed by atoms with van der Waals surface area (Å²) in [6.07, 6.45) is 0. The Labute approximate surface area is 117 Å². The molecule has 0 spiro atoms. The summed E-state index contributed by atoms with van der Waals surface area (Å²) >= 11 is 7.09. The first kappa shape index (κ1) is 12.8. The van der Waals surface area contributed by atoms with Crippen LogP contribution in [0, 0.1) is 12.7 Å². The standard InChI is InChI=1S/C14H11Br2F/c1-9-7-11(5-6-13(9)17)14(16)10-3-2-4-12(15)8-10/h2-8,14H,1H3. The van der Waals surface area contributed by atoms with Gasteiger partial charge in [-0.25, -0.2) is 4.39 Å². The number of halogens is 3. The molecule has 1 unspecified atom stereocenters. The summed E-state index contributed by atoms with van der Waals surface area (Å²) in [6, 6.07) is 13.3. The van der Waals surface area contributed by atoms with Crippen molar-refractivity contribution in [1.82, 2.24) is 0 Å². The Hall–Kier alpha value is -0.670. The minimum atomic E-state index is -0.164. The van der Waals surface area contributed by atoms with E-state index in [1.165, 1.54) is 6.07 Å². The molecule has 0 bridgehead atoms. The van der Waals surface area contributed by atoms with Crippen LogP contribution in [0.5, 0.6) is 0 Å². The van der Waals surface area contributed by atoms with Crippen molar-refractivity contribution in [3.63, 3.8) is 0 Å². The van der Waals surface area contributed by atoms with Crippen LogP contribution in [0.15, 0.2) is 46.9 Å². The van der Waals surface area contributed by atoms with E-state index < -0.39 is 0 Å². The van der Waals surface area contributed by atoms with Gasteiger partial charge in [0.25, 0.3) is 0 Å². The summed E-state index contributed by atoms with van der Waals surface area (Å²) in [6.45, 7) is 1.78. The van der Waals surface area contributed by atoms with E-state index in [2.05, 4.69) is 37.9 Å². The van der Waals surface area contributed by atoms with Gasteiger partial charge in [0.1, 0.15) is 5.82 Å². The third kappa shape index (κ3) is 2.96. The van der Waals surface area contributed by atoms with Crippen LogP contribution in [0.3, 0.4) is 0 Å². The number of hydrogen-bond acceptors (Lipinski definition) is 0. The van der Waals surface area contributed by atoms with E-state index in [4.69, 9.17) is 0 Å². The van der Waals surface area contributed by atoms with Gasteiger partial charge in [-0.15, -0.1) is 0 Å². The quantitative estimate of drug-likeness (QED) is 0.633. The maximum atomic E-state index is 13.2. The first-order valence-electron chi connectivity index (χ1n) is 5.23. The van der Waals surface area contributed by atoms with Gasteiger partial charge in [-0.3, -0.25) is 0 Å². The van der Waals surface area contributed by atoms with Crippen LogP contribution in [0.4, 0.5) is 4.39 Å². The second-order valence-corrected chi connectivity index (χ2v) is 5.76. The molecule has 17 heavy (non-hydrogen) atoms. The minimum Gasteiger partial charge on any atom is -0.207 e. The van der Waals surface area contributed by atoms with E-state index in [0.29, 0.717) is 5.56 Å². The zero-order valence-corrected chi connectivity index (χ0v) is 12.4. The zero-order chi connectivity index (χ0) is 12.4. The summed E-state index contributed by atoms with van der Waals surface area (Å²) in [4.78, 5) is 0.0827. The van der Waals surface area contributed by atoms with Crippen molar-refractivity contribution in [3.05, 3.63) is 69.4 Å². The lowest BCUT2D eigenvalue weighted by Gasteiger charge is -2.12. The Bertz CT molecular complexity index is 537. The number of hydrogen-bond donors (Lipinski definition) is 0. The Kier molecular flexibility index (Phi) is 4.00. The molecule has 0 nitrogen and oxygen atoms in total. The molecular weight excluding hydrogens is 347 g/mol. The fourth-order valence-corrected chi connectivity index (χ4v) is 2.67. The molecule has 0 saturated carbocycles. The van der Waals surface area contributed by atoms with Crippen LogP contribution in [-0.4, -0.2) is 0 Å². The molecule has 0 fully saturated rings. The van der Waals surface area contributed by atoms with Crippen molar-refractivity contribution in [2.45, 2.75) is 11.8 Å². The molecule has 3 heteroatoms. The smallest absolute Gasteiger partial charge is 0.126 e. The Morgan fingerprint density at radius 3 is 2.41 bits per heavy atom. The van der Waals surface area contributed by atoms with E-state index in [0.717, 1.165) is 15.6 Å². The summed E-state index contributed by atoms with van der Waals surface area (Å²) in [7, 11) is 0. The van der Waals surface area contributed by atoms with Crippen LogP contribution >= 0.6 is 31.9 Å². The molecule has 0 radical (unpaired) electrons. The molecule has 2 aromatic carbocycles. The van der Waals surface area contributed by atoms with Gasteiger partial charge in [0.15, 0.2) is 0 Å². The van der Waals surface area contributed by atoms with Gasteiger partial charge in [-0.05, 0) is 41.8 Å². The molecular formula is C14H11Br2F. The highest BCUT2D eigenvalue weighted by molar-refractivity contribution is 9.10. The molecule has 2 rings (SSSR count). The van der Waals surface area contributed by atoms with Gasteiger partial charge in [-0.2, -0.15) is 0 Å². The van der Waals surface area contributed by atoms with Crippen LogP contribution in [-0.2, 0) is 0 Å². The number of alkyl halides is 1. The van der Waals surface area contributed by atoms with Gasteiger partial charge in [0.05, 0.1) is 4.83 Å². The molecule has 0 heterocycles. The summed E-state index contributed by atoms with van der Waals surface area (Å²) in [5.41, 5.74) is 2.87.